The van der Waals surface area contributed by atoms with E-state index in [2.05, 4.69) is 6.07 Å². The van der Waals surface area contributed by atoms with Gasteiger partial charge in [-0.15, -0.1) is 0 Å². The van der Waals surface area contributed by atoms with Gasteiger partial charge in [-0.2, -0.15) is 5.26 Å². The molecule has 3 nitrogen and oxygen atoms in total. The number of hydrogen-bond donors (Lipinski definition) is 1. The van der Waals surface area contributed by atoms with Crippen LogP contribution in [0.1, 0.15) is 29.7 Å². The van der Waals surface area contributed by atoms with Gasteiger partial charge in [0.15, 0.2) is 0 Å². The molecular weight excluding hydrogens is 274 g/mol. The molecule has 1 N–H and O–H groups in total. The second-order valence-corrected chi connectivity index (χ2v) is 4.96. The molecule has 1 unspecified atom stereocenters. The van der Waals surface area contributed by atoms with Gasteiger partial charge in [-0.3, -0.25) is 0 Å². The van der Waals surface area contributed by atoms with E-state index in [0.717, 1.165) is 5.56 Å². The Kier molecular flexibility index (Phi) is 4.29. The Morgan fingerprint density at radius 2 is 2.00 bits per heavy atom. The van der Waals surface area contributed by atoms with E-state index < -0.39 is 6.10 Å². The van der Waals surface area contributed by atoms with Crippen LogP contribution in [-0.4, -0.2) is 5.11 Å². The Morgan fingerprint density at radius 3 is 2.60 bits per heavy atom. The van der Waals surface area contributed by atoms with Crippen LogP contribution in [0.5, 0.6) is 11.5 Å². The molecule has 1 atom stereocenters. The molecule has 0 aliphatic carbocycles. The number of ether oxygens (including phenoxy) is 1. The van der Waals surface area contributed by atoms with Crippen molar-refractivity contribution in [1.29, 1.82) is 5.26 Å². The summed E-state index contributed by atoms with van der Waals surface area (Å²) >= 11 is 5.97. The minimum absolute atomic E-state index is 0.473. The Hall–Kier alpha value is -2.02. The van der Waals surface area contributed by atoms with Crippen LogP contribution in [0.15, 0.2) is 36.4 Å². The fraction of sp³-hybridized carbons (Fsp3) is 0.188. The van der Waals surface area contributed by atoms with Gasteiger partial charge in [0.1, 0.15) is 11.5 Å². The van der Waals surface area contributed by atoms with Crippen molar-refractivity contribution in [2.75, 3.05) is 0 Å². The molecule has 0 aromatic heterocycles. The molecule has 4 heteroatoms. The SMILES string of the molecule is Cc1cc(Oc2cc(C#N)ccc2C(C)O)ccc1Cl. The van der Waals surface area contributed by atoms with Crippen LogP contribution in [0.3, 0.4) is 0 Å². The van der Waals surface area contributed by atoms with E-state index in [1.807, 2.05) is 13.0 Å². The molecule has 0 saturated heterocycles. The van der Waals surface area contributed by atoms with Crippen molar-refractivity contribution in [3.05, 3.63) is 58.1 Å². The predicted octanol–water partition coefficient (Wildman–Crippen LogP) is 4.37. The number of aliphatic hydroxyl groups excluding tert-OH is 1. The van der Waals surface area contributed by atoms with Crippen LogP contribution < -0.4 is 4.74 Å². The normalized spacial score (nSPS) is 11.8. The first-order valence-electron chi connectivity index (χ1n) is 6.17. The summed E-state index contributed by atoms with van der Waals surface area (Å²) in [5, 5.41) is 19.4. The van der Waals surface area contributed by atoms with Gasteiger partial charge >= 0.3 is 0 Å². The van der Waals surface area contributed by atoms with Crippen molar-refractivity contribution < 1.29 is 9.84 Å². The average molecular weight is 288 g/mol. The smallest absolute Gasteiger partial charge is 0.134 e. The quantitative estimate of drug-likeness (QED) is 0.912. The largest absolute Gasteiger partial charge is 0.457 e. The molecule has 0 amide bonds. The molecular formula is C16H14ClNO2. The Balaban J connectivity index is 2.40. The number of nitriles is 1. The maximum atomic E-state index is 9.76. The minimum Gasteiger partial charge on any atom is -0.457 e. The molecule has 0 spiro atoms. The van der Waals surface area contributed by atoms with Gasteiger partial charge in [0.2, 0.25) is 0 Å². The standard InChI is InChI=1S/C16H14ClNO2/c1-10-7-13(4-6-15(10)17)20-16-8-12(9-18)3-5-14(16)11(2)19/h3-8,11,19H,1-2H3. The van der Waals surface area contributed by atoms with Crippen LogP contribution >= 0.6 is 11.6 Å². The first-order valence-corrected chi connectivity index (χ1v) is 6.55. The van der Waals surface area contributed by atoms with Crippen LogP contribution in [-0.2, 0) is 0 Å². The van der Waals surface area contributed by atoms with Gasteiger partial charge in [-0.1, -0.05) is 17.7 Å². The number of hydrogen-bond acceptors (Lipinski definition) is 3. The third-order valence-electron chi connectivity index (χ3n) is 2.95. The topological polar surface area (TPSA) is 53.2 Å². The lowest BCUT2D eigenvalue weighted by Crippen LogP contribution is -1.97. The van der Waals surface area contributed by atoms with E-state index in [1.165, 1.54) is 0 Å². The van der Waals surface area contributed by atoms with Crippen molar-refractivity contribution in [3.63, 3.8) is 0 Å². The second kappa shape index (κ2) is 5.96. The minimum atomic E-state index is -0.675. The van der Waals surface area contributed by atoms with Gasteiger partial charge in [0, 0.05) is 10.6 Å². The van der Waals surface area contributed by atoms with E-state index in [-0.39, 0.29) is 0 Å². The molecule has 0 fully saturated rings. The van der Waals surface area contributed by atoms with Gasteiger partial charge in [0.25, 0.3) is 0 Å². The maximum Gasteiger partial charge on any atom is 0.134 e. The lowest BCUT2D eigenvalue weighted by Gasteiger charge is -2.14. The molecule has 0 heterocycles. The van der Waals surface area contributed by atoms with E-state index >= 15 is 0 Å². The van der Waals surface area contributed by atoms with Gasteiger partial charge in [-0.05, 0) is 49.7 Å². The Labute approximate surface area is 123 Å². The maximum absolute atomic E-state index is 9.76. The zero-order valence-electron chi connectivity index (χ0n) is 11.2. The van der Waals surface area contributed by atoms with Crippen molar-refractivity contribution >= 4 is 11.6 Å². The highest BCUT2D eigenvalue weighted by Gasteiger charge is 2.11. The molecule has 0 bridgehead atoms. The summed E-state index contributed by atoms with van der Waals surface area (Å²) in [5.41, 5.74) is 2.02. The number of benzene rings is 2. The highest BCUT2D eigenvalue weighted by atomic mass is 35.5. The zero-order valence-corrected chi connectivity index (χ0v) is 12.0. The van der Waals surface area contributed by atoms with Crippen LogP contribution in [0.4, 0.5) is 0 Å². The monoisotopic (exact) mass is 287 g/mol. The number of rotatable bonds is 3. The Morgan fingerprint density at radius 1 is 1.25 bits per heavy atom. The van der Waals surface area contributed by atoms with Crippen LogP contribution in [0, 0.1) is 18.3 Å². The van der Waals surface area contributed by atoms with E-state index in [4.69, 9.17) is 21.6 Å². The summed E-state index contributed by atoms with van der Waals surface area (Å²) in [4.78, 5) is 0. The summed E-state index contributed by atoms with van der Waals surface area (Å²) in [5.74, 6) is 1.09. The lowest BCUT2D eigenvalue weighted by atomic mass is 10.1. The molecule has 0 aliphatic rings. The van der Waals surface area contributed by atoms with Gasteiger partial charge in [-0.25, -0.2) is 0 Å². The van der Waals surface area contributed by atoms with E-state index in [1.54, 1.807) is 37.3 Å². The highest BCUT2D eigenvalue weighted by molar-refractivity contribution is 6.31. The molecule has 0 radical (unpaired) electrons. The molecule has 102 valence electrons. The Bertz CT molecular complexity index is 675. The third kappa shape index (κ3) is 3.11. The summed E-state index contributed by atoms with van der Waals surface area (Å²) in [7, 11) is 0. The first kappa shape index (κ1) is 14.4. The number of nitrogens with zero attached hydrogens (tertiary/aromatic N) is 1. The van der Waals surface area contributed by atoms with Crippen LogP contribution in [0.25, 0.3) is 0 Å². The average Bonchev–Trinajstić information content (AvgIpc) is 2.42. The van der Waals surface area contributed by atoms with Crippen molar-refractivity contribution in [2.24, 2.45) is 0 Å². The number of aliphatic hydroxyl groups is 1. The molecule has 0 aliphatic heterocycles. The third-order valence-corrected chi connectivity index (χ3v) is 3.37. The second-order valence-electron chi connectivity index (χ2n) is 4.55. The van der Waals surface area contributed by atoms with Crippen LogP contribution in [0.2, 0.25) is 5.02 Å². The number of aryl methyl sites for hydroxylation is 1. The molecule has 2 aromatic rings. The van der Waals surface area contributed by atoms with Gasteiger partial charge < -0.3 is 9.84 Å². The summed E-state index contributed by atoms with van der Waals surface area (Å²) in [6.45, 7) is 3.54. The summed E-state index contributed by atoms with van der Waals surface area (Å²) < 4.78 is 5.78. The molecule has 0 saturated carbocycles. The van der Waals surface area contributed by atoms with Crippen molar-refractivity contribution in [1.82, 2.24) is 0 Å². The lowest BCUT2D eigenvalue weighted by molar-refractivity contribution is 0.195. The molecule has 2 aromatic carbocycles. The molecule has 20 heavy (non-hydrogen) atoms. The van der Waals surface area contributed by atoms with E-state index in [9.17, 15) is 5.11 Å². The summed E-state index contributed by atoms with van der Waals surface area (Å²) in [6, 6.07) is 12.3. The fourth-order valence-corrected chi connectivity index (χ4v) is 1.96. The number of halogens is 1. The van der Waals surface area contributed by atoms with E-state index in [0.29, 0.717) is 27.6 Å². The van der Waals surface area contributed by atoms with Crippen molar-refractivity contribution in [2.45, 2.75) is 20.0 Å². The fourth-order valence-electron chi connectivity index (χ4n) is 1.85. The van der Waals surface area contributed by atoms with Gasteiger partial charge in [0.05, 0.1) is 17.7 Å². The predicted molar refractivity (Wildman–Crippen MR) is 78.1 cm³/mol. The molecule has 2 rings (SSSR count). The summed E-state index contributed by atoms with van der Waals surface area (Å²) in [6.07, 6.45) is -0.675. The zero-order chi connectivity index (χ0) is 14.7. The first-order chi connectivity index (χ1) is 9.51. The highest BCUT2D eigenvalue weighted by Crippen LogP contribution is 2.32. The van der Waals surface area contributed by atoms with Crippen molar-refractivity contribution in [3.8, 4) is 17.6 Å².